The number of anilines is 1. The van der Waals surface area contributed by atoms with E-state index in [1.54, 1.807) is 18.2 Å². The largest absolute Gasteiger partial charge is 0.384 e. The van der Waals surface area contributed by atoms with Crippen molar-refractivity contribution in [2.45, 2.75) is 6.92 Å². The molecule has 1 aromatic carbocycles. The summed E-state index contributed by atoms with van der Waals surface area (Å²) in [6.07, 6.45) is 0. The lowest BCUT2D eigenvalue weighted by molar-refractivity contribution is -0.0924. The van der Waals surface area contributed by atoms with Crippen LogP contribution in [0, 0.1) is 5.41 Å². The van der Waals surface area contributed by atoms with Crippen molar-refractivity contribution in [2.24, 2.45) is 5.41 Å². The molecule has 0 aliphatic carbocycles. The molecule has 1 saturated heterocycles. The van der Waals surface area contributed by atoms with Crippen molar-refractivity contribution in [3.05, 3.63) is 38.9 Å². The number of ether oxygens (including phenoxy) is 1. The number of nitrogens with one attached hydrogen (secondary N) is 3. The van der Waals surface area contributed by atoms with Gasteiger partial charge >= 0.3 is 0 Å². The molecule has 2 heterocycles. The summed E-state index contributed by atoms with van der Waals surface area (Å²) in [4.78, 5) is 23.5. The van der Waals surface area contributed by atoms with Gasteiger partial charge in [-0.25, -0.2) is 0 Å². The third kappa shape index (κ3) is 2.04. The lowest BCUT2D eigenvalue weighted by Gasteiger charge is -2.38. The van der Waals surface area contributed by atoms with Crippen molar-refractivity contribution in [3.63, 3.8) is 0 Å². The maximum Gasteiger partial charge on any atom is 0.272 e. The lowest BCUT2D eigenvalue weighted by atomic mass is 9.88. The van der Waals surface area contributed by atoms with Crippen LogP contribution in [0.25, 0.3) is 10.8 Å². The molecule has 1 fully saturated rings. The van der Waals surface area contributed by atoms with Crippen molar-refractivity contribution in [3.8, 4) is 0 Å². The van der Waals surface area contributed by atoms with Gasteiger partial charge in [-0.15, -0.1) is 0 Å². The second-order valence-electron chi connectivity index (χ2n) is 5.29. The summed E-state index contributed by atoms with van der Waals surface area (Å²) in [6, 6.07) is 5.21. The van der Waals surface area contributed by atoms with Gasteiger partial charge in [-0.2, -0.15) is 0 Å². The highest BCUT2D eigenvalue weighted by atomic mass is 16.5. The van der Waals surface area contributed by atoms with Gasteiger partial charge in [0.15, 0.2) is 0 Å². The summed E-state index contributed by atoms with van der Waals surface area (Å²) in [5, 5.41) is 8.71. The molecule has 6 nitrogen and oxygen atoms in total. The van der Waals surface area contributed by atoms with E-state index in [1.165, 1.54) is 0 Å². The van der Waals surface area contributed by atoms with Gasteiger partial charge in [0.05, 0.1) is 24.0 Å². The first-order chi connectivity index (χ1) is 9.09. The summed E-state index contributed by atoms with van der Waals surface area (Å²) in [6.45, 7) is 4.24. The Bertz CT molecular complexity index is 728. The van der Waals surface area contributed by atoms with Gasteiger partial charge in [0, 0.05) is 17.6 Å². The van der Waals surface area contributed by atoms with Crippen LogP contribution in [0.1, 0.15) is 6.92 Å². The quantitative estimate of drug-likeness (QED) is 0.757. The fourth-order valence-corrected chi connectivity index (χ4v) is 2.24. The van der Waals surface area contributed by atoms with E-state index in [0.717, 1.165) is 0 Å². The summed E-state index contributed by atoms with van der Waals surface area (Å²) in [5.74, 6) is 0. The van der Waals surface area contributed by atoms with E-state index >= 15 is 0 Å². The molecule has 3 N–H and O–H groups in total. The Kier molecular flexibility index (Phi) is 2.67. The van der Waals surface area contributed by atoms with Crippen LogP contribution < -0.4 is 16.4 Å². The molecule has 0 spiro atoms. The van der Waals surface area contributed by atoms with Crippen LogP contribution in [-0.2, 0) is 4.74 Å². The Morgan fingerprint density at radius 3 is 2.68 bits per heavy atom. The van der Waals surface area contributed by atoms with Crippen molar-refractivity contribution in [1.82, 2.24) is 10.2 Å². The van der Waals surface area contributed by atoms with Crippen LogP contribution in [0.5, 0.6) is 0 Å². The molecule has 1 aromatic heterocycles. The zero-order chi connectivity index (χ0) is 13.5. The smallest absolute Gasteiger partial charge is 0.272 e. The van der Waals surface area contributed by atoms with Gasteiger partial charge in [-0.1, -0.05) is 13.0 Å². The number of rotatable bonds is 3. The normalized spacial score (nSPS) is 17.1. The predicted octanol–water partition coefficient (Wildman–Crippen LogP) is 0.665. The van der Waals surface area contributed by atoms with Gasteiger partial charge in [0.25, 0.3) is 11.1 Å². The number of benzene rings is 1. The summed E-state index contributed by atoms with van der Waals surface area (Å²) in [5.41, 5.74) is 0.179. The standard InChI is InChI=1S/C13H15N3O3/c1-13(6-19-7-13)5-14-9-4-2-3-8-10(9)12(18)16-15-11(8)17/h2-4,14H,5-7H2,1H3,(H,15,17)(H,16,18). The van der Waals surface area contributed by atoms with Crippen LogP contribution in [-0.4, -0.2) is 30.0 Å². The minimum atomic E-state index is -0.298. The molecule has 0 saturated carbocycles. The first kappa shape index (κ1) is 12.0. The molecule has 100 valence electrons. The third-order valence-electron chi connectivity index (χ3n) is 3.43. The Morgan fingerprint density at radius 2 is 2.00 bits per heavy atom. The molecular weight excluding hydrogens is 246 g/mol. The van der Waals surface area contributed by atoms with E-state index in [0.29, 0.717) is 36.2 Å². The molecule has 0 bridgehead atoms. The summed E-state index contributed by atoms with van der Waals surface area (Å²) >= 11 is 0. The average Bonchev–Trinajstić information content (AvgIpc) is 2.38. The first-order valence-electron chi connectivity index (χ1n) is 6.14. The maximum atomic E-state index is 11.9. The topological polar surface area (TPSA) is 87.0 Å². The molecule has 0 amide bonds. The molecule has 1 aliphatic rings. The fraction of sp³-hybridized carbons (Fsp3) is 0.385. The Hall–Kier alpha value is -2.08. The molecular formula is C13H15N3O3. The second kappa shape index (κ2) is 4.24. The van der Waals surface area contributed by atoms with Crippen LogP contribution in [0.4, 0.5) is 5.69 Å². The molecule has 3 rings (SSSR count). The van der Waals surface area contributed by atoms with E-state index in [4.69, 9.17) is 4.74 Å². The number of H-pyrrole nitrogens is 2. The minimum Gasteiger partial charge on any atom is -0.384 e. The number of hydrogen-bond acceptors (Lipinski definition) is 4. The maximum absolute atomic E-state index is 11.9. The molecule has 0 atom stereocenters. The zero-order valence-corrected chi connectivity index (χ0v) is 10.6. The van der Waals surface area contributed by atoms with E-state index in [1.807, 2.05) is 0 Å². The minimum absolute atomic E-state index is 0.0934. The molecule has 0 radical (unpaired) electrons. The van der Waals surface area contributed by atoms with Gasteiger partial charge < -0.3 is 10.1 Å². The van der Waals surface area contributed by atoms with E-state index in [-0.39, 0.29) is 16.5 Å². The van der Waals surface area contributed by atoms with Crippen LogP contribution in [0.15, 0.2) is 27.8 Å². The second-order valence-corrected chi connectivity index (χ2v) is 5.29. The highest BCUT2D eigenvalue weighted by Crippen LogP contribution is 2.27. The molecule has 0 unspecified atom stereocenters. The van der Waals surface area contributed by atoms with Crippen molar-refractivity contribution in [1.29, 1.82) is 0 Å². The highest BCUT2D eigenvalue weighted by molar-refractivity contribution is 5.92. The number of aromatic amines is 2. The predicted molar refractivity (Wildman–Crippen MR) is 72.6 cm³/mol. The van der Waals surface area contributed by atoms with Gasteiger partial charge in [-0.3, -0.25) is 19.8 Å². The Morgan fingerprint density at radius 1 is 1.26 bits per heavy atom. The monoisotopic (exact) mass is 261 g/mol. The SMILES string of the molecule is CC1(CNc2cccc3c(=O)[nH][nH]c(=O)c23)COC1. The number of fused-ring (bicyclic) bond motifs is 1. The van der Waals surface area contributed by atoms with Gasteiger partial charge in [0.1, 0.15) is 0 Å². The van der Waals surface area contributed by atoms with E-state index in [9.17, 15) is 9.59 Å². The van der Waals surface area contributed by atoms with Gasteiger partial charge in [0.2, 0.25) is 0 Å². The highest BCUT2D eigenvalue weighted by Gasteiger charge is 2.33. The lowest BCUT2D eigenvalue weighted by Crippen LogP contribution is -2.45. The Labute approximate surface area is 108 Å². The summed E-state index contributed by atoms with van der Waals surface area (Å²) < 4.78 is 5.19. The zero-order valence-electron chi connectivity index (χ0n) is 10.6. The Balaban J connectivity index is 2.01. The van der Waals surface area contributed by atoms with Crippen molar-refractivity contribution < 1.29 is 4.74 Å². The van der Waals surface area contributed by atoms with E-state index in [2.05, 4.69) is 22.4 Å². The molecule has 1 aliphatic heterocycles. The molecule has 19 heavy (non-hydrogen) atoms. The first-order valence-corrected chi connectivity index (χ1v) is 6.14. The molecule has 2 aromatic rings. The number of hydrogen-bond donors (Lipinski definition) is 3. The number of aromatic nitrogens is 2. The third-order valence-corrected chi connectivity index (χ3v) is 3.43. The summed E-state index contributed by atoms with van der Waals surface area (Å²) in [7, 11) is 0. The van der Waals surface area contributed by atoms with Crippen LogP contribution >= 0.6 is 0 Å². The molecule has 6 heteroatoms. The van der Waals surface area contributed by atoms with Crippen LogP contribution in [0.3, 0.4) is 0 Å². The van der Waals surface area contributed by atoms with E-state index < -0.39 is 0 Å². The average molecular weight is 261 g/mol. The van der Waals surface area contributed by atoms with Gasteiger partial charge in [-0.05, 0) is 12.1 Å². The fourth-order valence-electron chi connectivity index (χ4n) is 2.24. The van der Waals surface area contributed by atoms with Crippen molar-refractivity contribution in [2.75, 3.05) is 25.1 Å². The van der Waals surface area contributed by atoms with Crippen molar-refractivity contribution >= 4 is 16.5 Å². The van der Waals surface area contributed by atoms with Crippen LogP contribution in [0.2, 0.25) is 0 Å².